The maximum Gasteiger partial charge on any atom is 0.110 e. The van der Waals surface area contributed by atoms with Gasteiger partial charge < -0.3 is 5.32 Å². The fourth-order valence-electron chi connectivity index (χ4n) is 1.80. The number of nitrogens with zero attached hydrogens (tertiary/aromatic N) is 1. The van der Waals surface area contributed by atoms with Crippen LogP contribution in [0.3, 0.4) is 0 Å². The molecule has 0 saturated carbocycles. The van der Waals surface area contributed by atoms with E-state index in [9.17, 15) is 0 Å². The molecule has 0 aliphatic rings. The molecule has 1 unspecified atom stereocenters. The molecule has 0 spiro atoms. The largest absolute Gasteiger partial charge is 0.308 e. The first-order valence-electron chi connectivity index (χ1n) is 6.36. The van der Waals surface area contributed by atoms with Gasteiger partial charge in [0.15, 0.2) is 0 Å². The smallest absolute Gasteiger partial charge is 0.110 e. The van der Waals surface area contributed by atoms with Crippen LogP contribution < -0.4 is 5.32 Å². The van der Waals surface area contributed by atoms with E-state index in [-0.39, 0.29) is 0 Å². The molecule has 0 radical (unpaired) electrons. The van der Waals surface area contributed by atoms with Crippen LogP contribution in [-0.2, 0) is 0 Å². The van der Waals surface area contributed by atoms with Gasteiger partial charge in [-0.2, -0.15) is 0 Å². The van der Waals surface area contributed by atoms with Crippen LogP contribution in [0.4, 0.5) is 0 Å². The van der Waals surface area contributed by atoms with Gasteiger partial charge in [0, 0.05) is 4.88 Å². The van der Waals surface area contributed by atoms with Gasteiger partial charge in [-0.1, -0.05) is 33.1 Å². The van der Waals surface area contributed by atoms with E-state index in [4.69, 9.17) is 0 Å². The standard InChI is InChI=1S/C13H24N2S/c1-5-7-8-9-12(14-6-2)13-15-10(3)11(4)16-13/h12,14H,5-9H2,1-4H3. The Morgan fingerprint density at radius 1 is 1.25 bits per heavy atom. The van der Waals surface area contributed by atoms with Gasteiger partial charge in [0.2, 0.25) is 0 Å². The molecule has 0 aromatic carbocycles. The Kier molecular flexibility index (Phi) is 5.99. The number of unbranched alkanes of at least 4 members (excludes halogenated alkanes) is 2. The molecule has 1 heterocycles. The summed E-state index contributed by atoms with van der Waals surface area (Å²) in [7, 11) is 0. The molecule has 0 bridgehead atoms. The summed E-state index contributed by atoms with van der Waals surface area (Å²) in [6.07, 6.45) is 5.12. The Bertz CT molecular complexity index is 287. The van der Waals surface area contributed by atoms with E-state index in [1.807, 2.05) is 11.3 Å². The second kappa shape index (κ2) is 7.02. The lowest BCUT2D eigenvalue weighted by Crippen LogP contribution is -2.20. The Labute approximate surface area is 103 Å². The molecule has 1 aromatic rings. The summed E-state index contributed by atoms with van der Waals surface area (Å²) in [5.41, 5.74) is 1.19. The van der Waals surface area contributed by atoms with E-state index >= 15 is 0 Å². The zero-order chi connectivity index (χ0) is 12.0. The summed E-state index contributed by atoms with van der Waals surface area (Å²) in [5.74, 6) is 0. The summed E-state index contributed by atoms with van der Waals surface area (Å²) >= 11 is 1.85. The molecule has 0 aliphatic carbocycles. The molecule has 0 fully saturated rings. The molecule has 0 aliphatic heterocycles. The van der Waals surface area contributed by atoms with E-state index < -0.39 is 0 Å². The van der Waals surface area contributed by atoms with Gasteiger partial charge in [-0.3, -0.25) is 0 Å². The molecule has 1 N–H and O–H groups in total. The van der Waals surface area contributed by atoms with Crippen molar-refractivity contribution in [3.05, 3.63) is 15.6 Å². The van der Waals surface area contributed by atoms with Crippen LogP contribution in [0.2, 0.25) is 0 Å². The van der Waals surface area contributed by atoms with Gasteiger partial charge in [-0.05, 0) is 26.8 Å². The van der Waals surface area contributed by atoms with Crippen molar-refractivity contribution in [1.82, 2.24) is 10.3 Å². The van der Waals surface area contributed by atoms with Crippen molar-refractivity contribution in [2.24, 2.45) is 0 Å². The van der Waals surface area contributed by atoms with Crippen LogP contribution in [0.5, 0.6) is 0 Å². The first kappa shape index (κ1) is 13.7. The van der Waals surface area contributed by atoms with Crippen LogP contribution in [0.1, 0.15) is 61.2 Å². The number of hydrogen-bond donors (Lipinski definition) is 1. The highest BCUT2D eigenvalue weighted by Crippen LogP contribution is 2.26. The average Bonchev–Trinajstić information content (AvgIpc) is 2.58. The Morgan fingerprint density at radius 3 is 2.50 bits per heavy atom. The Morgan fingerprint density at radius 2 is 2.00 bits per heavy atom. The number of aryl methyl sites for hydroxylation is 2. The summed E-state index contributed by atoms with van der Waals surface area (Å²) in [5, 5.41) is 4.82. The monoisotopic (exact) mass is 240 g/mol. The topological polar surface area (TPSA) is 24.9 Å². The van der Waals surface area contributed by atoms with Crippen molar-refractivity contribution in [2.75, 3.05) is 6.54 Å². The minimum atomic E-state index is 0.467. The fraction of sp³-hybridized carbons (Fsp3) is 0.769. The third kappa shape index (κ3) is 3.87. The minimum Gasteiger partial charge on any atom is -0.308 e. The molecule has 16 heavy (non-hydrogen) atoms. The molecule has 1 atom stereocenters. The van der Waals surface area contributed by atoms with Crippen LogP contribution >= 0.6 is 11.3 Å². The Balaban J connectivity index is 2.61. The molecule has 3 heteroatoms. The predicted molar refractivity (Wildman–Crippen MR) is 72.1 cm³/mol. The fourth-order valence-corrected chi connectivity index (χ4v) is 2.84. The molecular weight excluding hydrogens is 216 g/mol. The van der Waals surface area contributed by atoms with Gasteiger partial charge in [-0.25, -0.2) is 4.98 Å². The lowest BCUT2D eigenvalue weighted by molar-refractivity contribution is 0.484. The van der Waals surface area contributed by atoms with E-state index in [0.717, 1.165) is 6.54 Å². The van der Waals surface area contributed by atoms with Crippen LogP contribution in [-0.4, -0.2) is 11.5 Å². The quantitative estimate of drug-likeness (QED) is 0.729. The first-order valence-corrected chi connectivity index (χ1v) is 7.18. The zero-order valence-corrected chi connectivity index (χ0v) is 11.8. The van der Waals surface area contributed by atoms with Crippen LogP contribution in [0, 0.1) is 13.8 Å². The van der Waals surface area contributed by atoms with Gasteiger partial charge in [0.05, 0.1) is 11.7 Å². The molecule has 2 nitrogen and oxygen atoms in total. The summed E-state index contributed by atoms with van der Waals surface area (Å²) in [6, 6.07) is 0.467. The van der Waals surface area contributed by atoms with Crippen molar-refractivity contribution in [1.29, 1.82) is 0 Å². The highest BCUT2D eigenvalue weighted by Gasteiger charge is 2.14. The lowest BCUT2D eigenvalue weighted by atomic mass is 10.1. The number of rotatable bonds is 7. The second-order valence-electron chi connectivity index (χ2n) is 4.30. The van der Waals surface area contributed by atoms with Crippen LogP contribution in [0.15, 0.2) is 0 Å². The Hall–Kier alpha value is -0.410. The molecule has 1 rings (SSSR count). The van der Waals surface area contributed by atoms with Gasteiger partial charge in [0.25, 0.3) is 0 Å². The van der Waals surface area contributed by atoms with E-state index in [0.29, 0.717) is 6.04 Å². The zero-order valence-electron chi connectivity index (χ0n) is 11.0. The summed E-state index contributed by atoms with van der Waals surface area (Å²) in [4.78, 5) is 6.02. The highest BCUT2D eigenvalue weighted by molar-refractivity contribution is 7.11. The van der Waals surface area contributed by atoms with Gasteiger partial charge in [0.1, 0.15) is 5.01 Å². The number of nitrogens with one attached hydrogen (secondary N) is 1. The van der Waals surface area contributed by atoms with E-state index in [2.05, 4.69) is 38.0 Å². The van der Waals surface area contributed by atoms with Gasteiger partial charge in [-0.15, -0.1) is 11.3 Å². The van der Waals surface area contributed by atoms with E-state index in [1.165, 1.54) is 41.3 Å². The van der Waals surface area contributed by atoms with Gasteiger partial charge >= 0.3 is 0 Å². The number of aromatic nitrogens is 1. The predicted octanol–water partition coefficient (Wildman–Crippen LogP) is 3.99. The summed E-state index contributed by atoms with van der Waals surface area (Å²) < 4.78 is 0. The number of thiazole rings is 1. The van der Waals surface area contributed by atoms with Crippen molar-refractivity contribution < 1.29 is 0 Å². The molecule has 0 saturated heterocycles. The number of hydrogen-bond acceptors (Lipinski definition) is 3. The van der Waals surface area contributed by atoms with E-state index in [1.54, 1.807) is 0 Å². The first-order chi connectivity index (χ1) is 7.69. The third-order valence-electron chi connectivity index (χ3n) is 2.89. The second-order valence-corrected chi connectivity index (χ2v) is 5.53. The molecule has 1 aromatic heterocycles. The maximum atomic E-state index is 4.66. The molecule has 92 valence electrons. The van der Waals surface area contributed by atoms with Crippen LogP contribution in [0.25, 0.3) is 0 Å². The molecule has 0 amide bonds. The minimum absolute atomic E-state index is 0.467. The normalized spacial score (nSPS) is 13.0. The molecular formula is C13H24N2S. The van der Waals surface area contributed by atoms with Crippen molar-refractivity contribution in [3.8, 4) is 0 Å². The summed E-state index contributed by atoms with van der Waals surface area (Å²) in [6.45, 7) is 9.70. The van der Waals surface area contributed by atoms with Crippen molar-refractivity contribution in [2.45, 2.75) is 59.4 Å². The lowest BCUT2D eigenvalue weighted by Gasteiger charge is -2.14. The maximum absolute atomic E-state index is 4.66. The SMILES string of the molecule is CCCCCC(NCC)c1nc(C)c(C)s1. The van der Waals surface area contributed by atoms with Crippen molar-refractivity contribution in [3.63, 3.8) is 0 Å². The third-order valence-corrected chi connectivity index (χ3v) is 4.08. The van der Waals surface area contributed by atoms with Crippen molar-refractivity contribution >= 4 is 11.3 Å². The highest BCUT2D eigenvalue weighted by atomic mass is 32.1. The average molecular weight is 240 g/mol.